The molecule has 3 aromatic carbocycles. The molecule has 14 heteroatoms. The third-order valence-corrected chi connectivity index (χ3v) is 15.7. The van der Waals surface area contributed by atoms with Crippen LogP contribution < -0.4 is 15.6 Å². The number of rotatable bonds is 7. The molecule has 1 atom stereocenters. The predicted molar refractivity (Wildman–Crippen MR) is 231 cm³/mol. The molecular weight excluding hydrogens is 808 g/mol. The highest BCUT2D eigenvalue weighted by Gasteiger charge is 2.49. The summed E-state index contributed by atoms with van der Waals surface area (Å²) in [7, 11) is 0. The molecule has 1 aliphatic carbocycles. The number of likely N-dealkylation sites (tertiary alicyclic amines) is 2. The van der Waals surface area contributed by atoms with Crippen LogP contribution in [0.2, 0.25) is 5.02 Å². The van der Waals surface area contributed by atoms with Gasteiger partial charge in [-0.25, -0.2) is 0 Å². The second-order valence-corrected chi connectivity index (χ2v) is 19.0. The van der Waals surface area contributed by atoms with Crippen molar-refractivity contribution >= 4 is 46.1 Å². The number of carbonyl (C=O) groups is 4. The van der Waals surface area contributed by atoms with Gasteiger partial charge in [-0.05, 0) is 99.3 Å². The fourth-order valence-electron chi connectivity index (χ4n) is 12.0. The molecular formula is C48H51ClN6O7. The number of hydrogen-bond acceptors (Lipinski definition) is 9. The van der Waals surface area contributed by atoms with Gasteiger partial charge in [-0.15, -0.1) is 0 Å². The number of nitrogens with zero attached hydrogens (tertiary/aromatic N) is 5. The lowest BCUT2D eigenvalue weighted by Gasteiger charge is -2.38. The number of ether oxygens (including phenoxy) is 2. The fourth-order valence-corrected chi connectivity index (χ4v) is 12.2. The van der Waals surface area contributed by atoms with E-state index in [9.17, 15) is 24.0 Å². The number of benzene rings is 3. The molecule has 4 fully saturated rings. The summed E-state index contributed by atoms with van der Waals surface area (Å²) in [6, 6.07) is 15.9. The minimum absolute atomic E-state index is 0.0000797. The molecule has 7 heterocycles. The van der Waals surface area contributed by atoms with Crippen LogP contribution in [0.4, 0.5) is 0 Å². The Kier molecular flexibility index (Phi) is 9.80. The molecule has 0 radical (unpaired) electrons. The highest BCUT2D eigenvalue weighted by molar-refractivity contribution is 6.35. The van der Waals surface area contributed by atoms with Gasteiger partial charge in [-0.2, -0.15) is 4.98 Å². The largest absolute Gasteiger partial charge is 0.492 e. The SMILES string of the molecule is O=C1CC[C@H](N2Cc3c(ccc4c3OCC43CCN(C(=O)COCCN4CCC(c5ccc6c(c5)-n5c(nc(=O)c7c(Cl)cccc75)C65CCCCC5)CC4)CC3)C2=O)C(=O)N1. The van der Waals surface area contributed by atoms with Crippen molar-refractivity contribution in [1.82, 2.24) is 29.6 Å². The number of nitrogens with one attached hydrogen (secondary N) is 1. The van der Waals surface area contributed by atoms with E-state index in [2.05, 4.69) is 33.0 Å². The van der Waals surface area contributed by atoms with Crippen molar-refractivity contribution in [3.8, 4) is 11.4 Å². The predicted octanol–water partition coefficient (Wildman–Crippen LogP) is 5.51. The maximum absolute atomic E-state index is 13.4. The van der Waals surface area contributed by atoms with Crippen molar-refractivity contribution in [2.24, 2.45) is 0 Å². The van der Waals surface area contributed by atoms with E-state index in [1.807, 2.05) is 29.2 Å². The summed E-state index contributed by atoms with van der Waals surface area (Å²) in [6.45, 7) is 5.21. The Labute approximate surface area is 364 Å². The minimum Gasteiger partial charge on any atom is -0.492 e. The van der Waals surface area contributed by atoms with Crippen LogP contribution in [-0.2, 0) is 36.5 Å². The van der Waals surface area contributed by atoms with Crippen LogP contribution in [0.1, 0.15) is 115 Å². The normalized spacial score (nSPS) is 22.8. The van der Waals surface area contributed by atoms with Crippen molar-refractivity contribution in [1.29, 1.82) is 0 Å². The molecule has 62 heavy (non-hydrogen) atoms. The van der Waals surface area contributed by atoms with E-state index < -0.39 is 11.9 Å². The van der Waals surface area contributed by atoms with Crippen LogP contribution in [0.5, 0.6) is 5.75 Å². The topological polar surface area (TPSA) is 143 Å². The second kappa shape index (κ2) is 15.3. The van der Waals surface area contributed by atoms with E-state index in [0.29, 0.717) is 54.6 Å². The van der Waals surface area contributed by atoms with Gasteiger partial charge in [0.05, 0.1) is 46.8 Å². The number of fused-ring (bicyclic) bond motifs is 11. The number of amides is 4. The van der Waals surface area contributed by atoms with Crippen molar-refractivity contribution in [2.45, 2.75) is 100.0 Å². The molecule has 13 nitrogen and oxygen atoms in total. The molecule has 0 bridgehead atoms. The first-order valence-electron chi connectivity index (χ1n) is 22.5. The highest BCUT2D eigenvalue weighted by atomic mass is 35.5. The molecule has 1 aromatic heterocycles. The lowest BCUT2D eigenvalue weighted by Crippen LogP contribution is -2.52. The van der Waals surface area contributed by atoms with E-state index >= 15 is 0 Å². The van der Waals surface area contributed by atoms with Gasteiger partial charge in [-0.1, -0.05) is 55.1 Å². The van der Waals surface area contributed by atoms with Gasteiger partial charge in [0.25, 0.3) is 11.5 Å². The molecule has 322 valence electrons. The lowest BCUT2D eigenvalue weighted by atomic mass is 9.69. The Morgan fingerprint density at radius 3 is 2.50 bits per heavy atom. The van der Waals surface area contributed by atoms with Crippen LogP contribution in [-0.4, -0.2) is 106 Å². The van der Waals surface area contributed by atoms with Crippen LogP contribution in [0.25, 0.3) is 16.6 Å². The Balaban J connectivity index is 0.677. The molecule has 11 rings (SSSR count). The van der Waals surface area contributed by atoms with E-state index in [1.165, 1.54) is 17.5 Å². The molecule has 3 saturated heterocycles. The Hall–Kier alpha value is -5.11. The number of imide groups is 1. The van der Waals surface area contributed by atoms with Gasteiger partial charge in [-0.3, -0.25) is 33.9 Å². The maximum atomic E-state index is 13.4. The van der Waals surface area contributed by atoms with Gasteiger partial charge < -0.3 is 24.2 Å². The van der Waals surface area contributed by atoms with Crippen LogP contribution in [0.15, 0.2) is 53.3 Å². The van der Waals surface area contributed by atoms with E-state index in [4.69, 9.17) is 26.1 Å². The van der Waals surface area contributed by atoms with Crippen molar-refractivity contribution < 1.29 is 28.7 Å². The average molecular weight is 859 g/mol. The molecule has 1 saturated carbocycles. The number of piperidine rings is 3. The zero-order chi connectivity index (χ0) is 42.3. The first-order chi connectivity index (χ1) is 30.1. The summed E-state index contributed by atoms with van der Waals surface area (Å²) in [4.78, 5) is 75.0. The first kappa shape index (κ1) is 39.7. The highest BCUT2D eigenvalue weighted by Crippen LogP contribution is 2.53. The van der Waals surface area contributed by atoms with Crippen molar-refractivity contribution in [3.05, 3.63) is 97.5 Å². The van der Waals surface area contributed by atoms with Crippen LogP contribution in [0.3, 0.4) is 0 Å². The lowest BCUT2D eigenvalue weighted by molar-refractivity contribution is -0.138. The minimum atomic E-state index is -0.672. The molecule has 6 aliphatic heterocycles. The summed E-state index contributed by atoms with van der Waals surface area (Å²) in [5.74, 6) is 1.09. The summed E-state index contributed by atoms with van der Waals surface area (Å²) >= 11 is 6.60. The third-order valence-electron chi connectivity index (χ3n) is 15.4. The summed E-state index contributed by atoms with van der Waals surface area (Å²) < 4.78 is 14.5. The van der Waals surface area contributed by atoms with Crippen LogP contribution in [0, 0.1) is 0 Å². The molecule has 0 unspecified atom stereocenters. The molecule has 2 spiro atoms. The smallest absolute Gasteiger partial charge is 0.282 e. The van der Waals surface area contributed by atoms with Gasteiger partial charge >= 0.3 is 0 Å². The zero-order valence-corrected chi connectivity index (χ0v) is 35.6. The van der Waals surface area contributed by atoms with E-state index in [0.717, 1.165) is 105 Å². The Bertz CT molecular complexity index is 2600. The molecule has 4 aromatic rings. The van der Waals surface area contributed by atoms with Gasteiger partial charge in [0.15, 0.2) is 0 Å². The standard InChI is InChI=1S/C48H51ClN6O7/c49-35-5-4-6-36-41(35)44(59)51-46-48(15-2-1-3-16-48)33-9-7-30(25-38(33)55(36)46)29-13-19-52(20-14-29)23-24-61-27-40(57)53-21-17-47(18-22-53)28-62-42-32-26-54(37-11-12-39(56)50-43(37)58)45(60)31(32)8-10-34(42)47/h4-10,25,29,37H,1-3,11-24,26-28H2,(H,50,56,58)/t37-/m0/s1. The van der Waals surface area contributed by atoms with E-state index in [1.54, 1.807) is 11.0 Å². The van der Waals surface area contributed by atoms with Gasteiger partial charge in [0, 0.05) is 48.2 Å². The second-order valence-electron chi connectivity index (χ2n) is 18.6. The molecule has 1 N–H and O–H groups in total. The van der Waals surface area contributed by atoms with E-state index in [-0.39, 0.29) is 53.7 Å². The molecule has 4 amide bonds. The Morgan fingerprint density at radius 1 is 0.919 bits per heavy atom. The Morgan fingerprint density at radius 2 is 1.71 bits per heavy atom. The number of carbonyl (C=O) groups excluding carboxylic acids is 4. The van der Waals surface area contributed by atoms with Gasteiger partial charge in [0.2, 0.25) is 17.7 Å². The zero-order valence-electron chi connectivity index (χ0n) is 34.9. The first-order valence-corrected chi connectivity index (χ1v) is 22.9. The summed E-state index contributed by atoms with van der Waals surface area (Å²) in [5, 5.41) is 3.30. The van der Waals surface area contributed by atoms with Crippen molar-refractivity contribution in [2.75, 3.05) is 52.5 Å². The fraction of sp³-hybridized carbons (Fsp3) is 0.500. The number of aromatic nitrogens is 2. The number of hydrogen-bond donors (Lipinski definition) is 1. The van der Waals surface area contributed by atoms with Crippen LogP contribution >= 0.6 is 11.6 Å². The van der Waals surface area contributed by atoms with Gasteiger partial charge in [0.1, 0.15) is 24.2 Å². The summed E-state index contributed by atoms with van der Waals surface area (Å²) in [5.41, 5.74) is 6.31. The monoisotopic (exact) mass is 858 g/mol. The number of halogens is 1. The molecule has 7 aliphatic rings. The average Bonchev–Trinajstić information content (AvgIpc) is 3.90. The van der Waals surface area contributed by atoms with Crippen molar-refractivity contribution in [3.63, 3.8) is 0 Å². The third kappa shape index (κ3) is 6.31. The maximum Gasteiger partial charge on any atom is 0.282 e. The quantitative estimate of drug-likeness (QED) is 0.188. The summed E-state index contributed by atoms with van der Waals surface area (Å²) in [6.07, 6.45) is 9.54.